The Morgan fingerprint density at radius 2 is 2.21 bits per heavy atom. The van der Waals surface area contributed by atoms with E-state index < -0.39 is 8.32 Å². The SMILES string of the molecule is C=C=CCO[Si](C)(C)CCOC(C)=O. The summed E-state index contributed by atoms with van der Waals surface area (Å²) in [4.78, 5) is 10.5. The summed E-state index contributed by atoms with van der Waals surface area (Å²) in [6.45, 7) is 10.0. The lowest BCUT2D eigenvalue weighted by molar-refractivity contribution is -0.140. The quantitative estimate of drug-likeness (QED) is 0.386. The number of rotatable bonds is 6. The number of carbonyl (C=O) groups is 1. The molecular weight excluding hydrogens is 196 g/mol. The molecule has 0 heterocycles. The molecular formula is C10H18O3Si. The van der Waals surface area contributed by atoms with Crippen molar-refractivity contribution < 1.29 is 14.0 Å². The predicted molar refractivity (Wildman–Crippen MR) is 58.6 cm³/mol. The van der Waals surface area contributed by atoms with Crippen molar-refractivity contribution in [1.82, 2.24) is 0 Å². The Kier molecular flexibility index (Phi) is 6.20. The van der Waals surface area contributed by atoms with Gasteiger partial charge in [-0.05, 0) is 19.2 Å². The Balaban J connectivity index is 3.70. The van der Waals surface area contributed by atoms with Gasteiger partial charge in [-0.3, -0.25) is 4.79 Å². The summed E-state index contributed by atoms with van der Waals surface area (Å²) < 4.78 is 10.5. The summed E-state index contributed by atoms with van der Waals surface area (Å²) in [6, 6.07) is 0.817. The highest BCUT2D eigenvalue weighted by Gasteiger charge is 2.21. The molecule has 0 atom stereocenters. The van der Waals surface area contributed by atoms with Gasteiger partial charge in [0.25, 0.3) is 0 Å². The maximum absolute atomic E-state index is 10.5. The first-order chi connectivity index (χ1) is 6.48. The molecule has 0 saturated heterocycles. The van der Waals surface area contributed by atoms with Gasteiger partial charge in [-0.15, -0.1) is 5.73 Å². The molecule has 0 saturated carbocycles. The van der Waals surface area contributed by atoms with Gasteiger partial charge in [0.15, 0.2) is 8.32 Å². The Morgan fingerprint density at radius 1 is 1.57 bits per heavy atom. The smallest absolute Gasteiger partial charge is 0.302 e. The lowest BCUT2D eigenvalue weighted by Crippen LogP contribution is -2.32. The molecule has 0 bridgehead atoms. The number of ether oxygens (including phenoxy) is 1. The fourth-order valence-corrected chi connectivity index (χ4v) is 2.11. The van der Waals surface area contributed by atoms with E-state index in [0.717, 1.165) is 6.04 Å². The minimum absolute atomic E-state index is 0.235. The van der Waals surface area contributed by atoms with E-state index in [1.807, 2.05) is 0 Å². The summed E-state index contributed by atoms with van der Waals surface area (Å²) in [7, 11) is -1.68. The maximum Gasteiger partial charge on any atom is 0.302 e. The van der Waals surface area contributed by atoms with E-state index in [2.05, 4.69) is 25.4 Å². The third kappa shape index (κ3) is 7.80. The first-order valence-corrected chi connectivity index (χ1v) is 7.71. The van der Waals surface area contributed by atoms with Crippen LogP contribution in [-0.4, -0.2) is 27.5 Å². The van der Waals surface area contributed by atoms with Crippen molar-refractivity contribution in [3.8, 4) is 0 Å². The first-order valence-electron chi connectivity index (χ1n) is 4.59. The lowest BCUT2D eigenvalue weighted by atomic mass is 10.7. The molecule has 0 aromatic heterocycles. The second-order valence-electron chi connectivity index (χ2n) is 3.57. The molecule has 0 fully saturated rings. The lowest BCUT2D eigenvalue weighted by Gasteiger charge is -2.21. The van der Waals surface area contributed by atoms with Crippen molar-refractivity contribution in [3.63, 3.8) is 0 Å². The zero-order chi connectivity index (χ0) is 11.0. The molecule has 0 aromatic carbocycles. The van der Waals surface area contributed by atoms with E-state index in [1.165, 1.54) is 6.92 Å². The van der Waals surface area contributed by atoms with E-state index >= 15 is 0 Å². The summed E-state index contributed by atoms with van der Waals surface area (Å²) in [5, 5.41) is 0. The minimum atomic E-state index is -1.68. The average molecular weight is 214 g/mol. The standard InChI is InChI=1S/C10H18O3Si/c1-5-6-7-13-14(3,4)9-8-12-10(2)11/h6H,1,7-9H2,2-4H3. The fourth-order valence-electron chi connectivity index (χ4n) is 0.839. The Hall–Kier alpha value is -0.833. The second kappa shape index (κ2) is 6.60. The maximum atomic E-state index is 10.5. The molecule has 0 aliphatic rings. The van der Waals surface area contributed by atoms with Crippen molar-refractivity contribution in [2.75, 3.05) is 13.2 Å². The highest BCUT2D eigenvalue weighted by Crippen LogP contribution is 2.10. The topological polar surface area (TPSA) is 35.5 Å². The highest BCUT2D eigenvalue weighted by molar-refractivity contribution is 6.71. The summed E-state index contributed by atoms with van der Waals surface area (Å²) >= 11 is 0. The number of carbonyl (C=O) groups excluding carboxylic acids is 1. The molecule has 0 aliphatic carbocycles. The van der Waals surface area contributed by atoms with Crippen molar-refractivity contribution in [3.05, 3.63) is 18.4 Å². The van der Waals surface area contributed by atoms with Crippen molar-refractivity contribution >= 4 is 14.3 Å². The molecule has 14 heavy (non-hydrogen) atoms. The Labute approximate surface area is 86.5 Å². The molecule has 0 aromatic rings. The van der Waals surface area contributed by atoms with Crippen molar-refractivity contribution in [1.29, 1.82) is 0 Å². The van der Waals surface area contributed by atoms with E-state index in [-0.39, 0.29) is 5.97 Å². The predicted octanol–water partition coefficient (Wildman–Crippen LogP) is 2.11. The third-order valence-corrected chi connectivity index (χ3v) is 4.07. The van der Waals surface area contributed by atoms with Gasteiger partial charge in [0.2, 0.25) is 0 Å². The summed E-state index contributed by atoms with van der Waals surface area (Å²) in [5.74, 6) is -0.235. The van der Waals surface area contributed by atoms with Crippen LogP contribution >= 0.6 is 0 Å². The summed E-state index contributed by atoms with van der Waals surface area (Å²) in [5.41, 5.74) is 2.65. The number of esters is 1. The molecule has 0 aliphatic heterocycles. The van der Waals surface area contributed by atoms with Crippen LogP contribution < -0.4 is 0 Å². The average Bonchev–Trinajstić information content (AvgIpc) is 2.03. The van der Waals surface area contributed by atoms with Gasteiger partial charge < -0.3 is 9.16 Å². The van der Waals surface area contributed by atoms with Gasteiger partial charge in [-0.25, -0.2) is 0 Å². The normalized spacial score (nSPS) is 10.5. The first kappa shape index (κ1) is 13.2. The monoisotopic (exact) mass is 214 g/mol. The highest BCUT2D eigenvalue weighted by atomic mass is 28.4. The van der Waals surface area contributed by atoms with Gasteiger partial charge in [-0.2, -0.15) is 0 Å². The van der Waals surface area contributed by atoms with Crippen LogP contribution in [0.15, 0.2) is 18.4 Å². The largest absolute Gasteiger partial charge is 0.466 e. The van der Waals surface area contributed by atoms with Gasteiger partial charge in [0, 0.05) is 13.0 Å². The van der Waals surface area contributed by atoms with E-state index in [4.69, 9.17) is 9.16 Å². The Bertz CT molecular complexity index is 230. The Morgan fingerprint density at radius 3 is 2.71 bits per heavy atom. The van der Waals surface area contributed by atoms with Crippen LogP contribution in [0.4, 0.5) is 0 Å². The van der Waals surface area contributed by atoms with Gasteiger partial charge >= 0.3 is 5.97 Å². The molecule has 3 nitrogen and oxygen atoms in total. The van der Waals surface area contributed by atoms with Gasteiger partial charge in [0.1, 0.15) is 0 Å². The zero-order valence-electron chi connectivity index (χ0n) is 9.13. The van der Waals surface area contributed by atoms with E-state index in [1.54, 1.807) is 6.08 Å². The van der Waals surface area contributed by atoms with E-state index in [9.17, 15) is 4.79 Å². The molecule has 4 heteroatoms. The summed E-state index contributed by atoms with van der Waals surface area (Å²) in [6.07, 6.45) is 1.75. The third-order valence-electron chi connectivity index (χ3n) is 1.71. The van der Waals surface area contributed by atoms with Crippen LogP contribution in [0.3, 0.4) is 0 Å². The molecule has 80 valence electrons. The van der Waals surface area contributed by atoms with Crippen molar-refractivity contribution in [2.24, 2.45) is 0 Å². The van der Waals surface area contributed by atoms with Crippen molar-refractivity contribution in [2.45, 2.75) is 26.1 Å². The fraction of sp³-hybridized carbons (Fsp3) is 0.600. The minimum Gasteiger partial charge on any atom is -0.466 e. The number of hydrogen-bond donors (Lipinski definition) is 0. The molecule has 0 radical (unpaired) electrons. The molecule has 0 unspecified atom stereocenters. The number of hydrogen-bond acceptors (Lipinski definition) is 3. The second-order valence-corrected chi connectivity index (χ2v) is 7.88. The van der Waals surface area contributed by atoms with Crippen LogP contribution in [0.25, 0.3) is 0 Å². The van der Waals surface area contributed by atoms with Crippen LogP contribution in [0.5, 0.6) is 0 Å². The molecule has 0 N–H and O–H groups in total. The van der Waals surface area contributed by atoms with Gasteiger partial charge in [-0.1, -0.05) is 6.58 Å². The van der Waals surface area contributed by atoms with Crippen LogP contribution in [0.1, 0.15) is 6.92 Å². The molecule has 0 amide bonds. The molecule has 0 spiro atoms. The molecule has 0 rings (SSSR count). The zero-order valence-corrected chi connectivity index (χ0v) is 10.1. The van der Waals surface area contributed by atoms with Crippen LogP contribution in [0.2, 0.25) is 19.1 Å². The van der Waals surface area contributed by atoms with Crippen LogP contribution in [-0.2, 0) is 14.0 Å². The van der Waals surface area contributed by atoms with E-state index in [0.29, 0.717) is 13.2 Å². The van der Waals surface area contributed by atoms with Crippen LogP contribution in [0, 0.1) is 0 Å². The van der Waals surface area contributed by atoms with Gasteiger partial charge in [0.05, 0.1) is 13.2 Å².